The smallest absolute Gasteiger partial charge is 0.274 e. The van der Waals surface area contributed by atoms with Gasteiger partial charge in [0.2, 0.25) is 0 Å². The van der Waals surface area contributed by atoms with Crippen molar-refractivity contribution in [2.75, 3.05) is 0 Å². The second-order valence-corrected chi connectivity index (χ2v) is 4.82. The molecule has 3 aromatic rings. The number of hydrogen-bond acceptors (Lipinski definition) is 3. The van der Waals surface area contributed by atoms with Crippen molar-refractivity contribution in [1.29, 1.82) is 0 Å². The monoisotopic (exact) mass is 303 g/mol. The molecule has 5 nitrogen and oxygen atoms in total. The average molecular weight is 303 g/mol. The molecular weight excluding hydrogens is 292 g/mol. The van der Waals surface area contributed by atoms with Gasteiger partial charge in [0.05, 0.1) is 12.1 Å². The molecule has 0 radical (unpaired) electrons. The van der Waals surface area contributed by atoms with E-state index in [2.05, 4.69) is 5.10 Å². The van der Waals surface area contributed by atoms with Crippen molar-refractivity contribution >= 4 is 16.8 Å². The van der Waals surface area contributed by atoms with E-state index in [1.165, 1.54) is 22.9 Å². The van der Waals surface area contributed by atoms with Crippen LogP contribution in [-0.4, -0.2) is 20.9 Å². The van der Waals surface area contributed by atoms with Crippen LogP contribution in [0.4, 0.5) is 8.78 Å². The van der Waals surface area contributed by atoms with Crippen LogP contribution in [0.25, 0.3) is 10.9 Å². The molecule has 2 aromatic carbocycles. The topological polar surface area (TPSA) is 67.2 Å². The third kappa shape index (κ3) is 2.79. The van der Waals surface area contributed by atoms with Crippen molar-refractivity contribution < 1.29 is 18.8 Å². The number of halogens is 2. The zero-order chi connectivity index (χ0) is 15.7. The number of carbonyl (C=O) groups is 1. The van der Waals surface area contributed by atoms with Crippen molar-refractivity contribution in [3.05, 3.63) is 65.4 Å². The molecule has 1 aromatic heterocycles. The Morgan fingerprint density at radius 3 is 2.59 bits per heavy atom. The van der Waals surface area contributed by atoms with E-state index in [0.717, 1.165) is 11.5 Å². The normalized spacial score (nSPS) is 10.9. The van der Waals surface area contributed by atoms with Gasteiger partial charge in [0, 0.05) is 23.2 Å². The molecular formula is C15H11F2N3O2. The summed E-state index contributed by atoms with van der Waals surface area (Å²) in [6, 6.07) is 8.02. The summed E-state index contributed by atoms with van der Waals surface area (Å²) in [6.45, 7) is 0.199. The Balaban J connectivity index is 1.93. The van der Waals surface area contributed by atoms with E-state index in [-0.39, 0.29) is 12.1 Å². The highest BCUT2D eigenvalue weighted by Gasteiger charge is 2.08. The van der Waals surface area contributed by atoms with Crippen molar-refractivity contribution in [2.45, 2.75) is 6.54 Å². The Morgan fingerprint density at radius 2 is 1.91 bits per heavy atom. The van der Waals surface area contributed by atoms with E-state index < -0.39 is 17.5 Å². The van der Waals surface area contributed by atoms with Gasteiger partial charge < -0.3 is 0 Å². The van der Waals surface area contributed by atoms with Gasteiger partial charge in [-0.15, -0.1) is 0 Å². The third-order valence-electron chi connectivity index (χ3n) is 3.19. The maximum absolute atomic E-state index is 13.2. The van der Waals surface area contributed by atoms with Crippen LogP contribution >= 0.6 is 0 Å². The minimum absolute atomic E-state index is 0.199. The summed E-state index contributed by atoms with van der Waals surface area (Å²) in [6.07, 6.45) is 1.71. The fraction of sp³-hybridized carbons (Fsp3) is 0.0667. The van der Waals surface area contributed by atoms with E-state index in [4.69, 9.17) is 5.21 Å². The molecule has 3 rings (SSSR count). The van der Waals surface area contributed by atoms with E-state index in [1.807, 2.05) is 0 Å². The fourth-order valence-corrected chi connectivity index (χ4v) is 2.24. The summed E-state index contributed by atoms with van der Waals surface area (Å²) in [5.41, 5.74) is 2.79. The van der Waals surface area contributed by atoms with Crippen LogP contribution in [0, 0.1) is 11.6 Å². The van der Waals surface area contributed by atoms with Crippen LogP contribution < -0.4 is 5.48 Å². The summed E-state index contributed by atoms with van der Waals surface area (Å²) in [7, 11) is 0. The molecule has 0 aliphatic carbocycles. The van der Waals surface area contributed by atoms with E-state index >= 15 is 0 Å². The van der Waals surface area contributed by atoms with Crippen molar-refractivity contribution in [3.8, 4) is 0 Å². The van der Waals surface area contributed by atoms with Crippen LogP contribution in [0.5, 0.6) is 0 Å². The number of carbonyl (C=O) groups excluding carboxylic acids is 1. The van der Waals surface area contributed by atoms with E-state index in [9.17, 15) is 13.6 Å². The summed E-state index contributed by atoms with van der Waals surface area (Å²) in [4.78, 5) is 11.4. The van der Waals surface area contributed by atoms with Crippen LogP contribution in [-0.2, 0) is 6.54 Å². The number of benzene rings is 2. The number of rotatable bonds is 3. The molecule has 1 amide bonds. The predicted molar refractivity (Wildman–Crippen MR) is 74.4 cm³/mol. The maximum Gasteiger partial charge on any atom is 0.274 e. The first kappa shape index (κ1) is 14.2. The lowest BCUT2D eigenvalue weighted by atomic mass is 10.1. The number of aromatic nitrogens is 2. The molecule has 22 heavy (non-hydrogen) atoms. The van der Waals surface area contributed by atoms with Crippen molar-refractivity contribution in [2.24, 2.45) is 0 Å². The second kappa shape index (κ2) is 5.53. The van der Waals surface area contributed by atoms with Gasteiger partial charge in [-0.1, -0.05) is 6.07 Å². The molecule has 112 valence electrons. The Hall–Kier alpha value is -2.80. The largest absolute Gasteiger partial charge is 0.288 e. The average Bonchev–Trinajstić information content (AvgIpc) is 2.86. The highest BCUT2D eigenvalue weighted by molar-refractivity contribution is 5.97. The molecule has 0 saturated heterocycles. The molecule has 1 heterocycles. The number of fused-ring (bicyclic) bond motifs is 1. The van der Waals surface area contributed by atoms with Gasteiger partial charge in [0.15, 0.2) is 0 Å². The Kier molecular flexibility index (Phi) is 3.56. The quantitative estimate of drug-likeness (QED) is 0.577. The summed E-state index contributed by atoms with van der Waals surface area (Å²) >= 11 is 0. The molecule has 0 saturated carbocycles. The number of hydroxylamine groups is 1. The van der Waals surface area contributed by atoms with Gasteiger partial charge in [-0.25, -0.2) is 14.3 Å². The number of amides is 1. The first-order valence-corrected chi connectivity index (χ1v) is 6.42. The SMILES string of the molecule is O=C(NO)c1ccc2cn(Cc3cc(F)cc(F)c3)nc2c1. The molecule has 0 unspecified atom stereocenters. The second-order valence-electron chi connectivity index (χ2n) is 4.82. The van der Waals surface area contributed by atoms with Gasteiger partial charge in [-0.2, -0.15) is 5.10 Å². The first-order valence-electron chi connectivity index (χ1n) is 6.42. The van der Waals surface area contributed by atoms with Gasteiger partial charge >= 0.3 is 0 Å². The third-order valence-corrected chi connectivity index (χ3v) is 3.19. The molecule has 2 N–H and O–H groups in total. The van der Waals surface area contributed by atoms with Crippen molar-refractivity contribution in [1.82, 2.24) is 15.3 Å². The van der Waals surface area contributed by atoms with Gasteiger partial charge in [0.25, 0.3) is 5.91 Å². The van der Waals surface area contributed by atoms with Crippen LogP contribution in [0.1, 0.15) is 15.9 Å². The minimum Gasteiger partial charge on any atom is -0.288 e. The summed E-state index contributed by atoms with van der Waals surface area (Å²) in [5, 5.41) is 13.6. The highest BCUT2D eigenvalue weighted by Crippen LogP contribution is 2.16. The number of hydrogen-bond donors (Lipinski definition) is 2. The van der Waals surface area contributed by atoms with Crippen LogP contribution in [0.3, 0.4) is 0 Å². The summed E-state index contributed by atoms with van der Waals surface area (Å²) in [5.74, 6) is -1.93. The number of nitrogens with one attached hydrogen (secondary N) is 1. The van der Waals surface area contributed by atoms with Gasteiger partial charge in [-0.05, 0) is 29.8 Å². The van der Waals surface area contributed by atoms with Gasteiger partial charge in [-0.3, -0.25) is 14.7 Å². The lowest BCUT2D eigenvalue weighted by Crippen LogP contribution is -2.18. The molecule has 7 heteroatoms. The molecule has 0 bridgehead atoms. The standard InChI is InChI=1S/C15H11F2N3O2/c16-12-3-9(4-13(17)6-12)7-20-8-11-2-1-10(15(21)19-22)5-14(11)18-20/h1-6,8,22H,7H2,(H,19,21). The number of nitrogens with zero attached hydrogens (tertiary/aromatic N) is 2. The Labute approximate surface area is 123 Å². The van der Waals surface area contributed by atoms with Gasteiger partial charge in [0.1, 0.15) is 11.6 Å². The maximum atomic E-state index is 13.2. The lowest BCUT2D eigenvalue weighted by molar-refractivity contribution is 0.0706. The van der Waals surface area contributed by atoms with E-state index in [1.54, 1.807) is 23.8 Å². The van der Waals surface area contributed by atoms with Crippen LogP contribution in [0.15, 0.2) is 42.6 Å². The fourth-order valence-electron chi connectivity index (χ4n) is 2.24. The van der Waals surface area contributed by atoms with Crippen LogP contribution in [0.2, 0.25) is 0 Å². The molecule has 0 aliphatic rings. The molecule has 0 atom stereocenters. The highest BCUT2D eigenvalue weighted by atomic mass is 19.1. The zero-order valence-electron chi connectivity index (χ0n) is 11.3. The molecule has 0 fully saturated rings. The predicted octanol–water partition coefficient (Wildman–Crippen LogP) is 2.48. The molecule has 0 spiro atoms. The first-order chi connectivity index (χ1) is 10.5. The lowest BCUT2D eigenvalue weighted by Gasteiger charge is -2.02. The Bertz CT molecular complexity index is 841. The Morgan fingerprint density at radius 1 is 1.18 bits per heavy atom. The summed E-state index contributed by atoms with van der Waals surface area (Å²) < 4.78 is 27.9. The zero-order valence-corrected chi connectivity index (χ0v) is 11.3. The minimum atomic E-state index is -0.645. The van der Waals surface area contributed by atoms with Crippen molar-refractivity contribution in [3.63, 3.8) is 0 Å². The van der Waals surface area contributed by atoms with E-state index in [0.29, 0.717) is 11.1 Å². The molecule has 0 aliphatic heterocycles.